The van der Waals surface area contributed by atoms with Gasteiger partial charge in [-0.15, -0.1) is 5.23 Å². The number of nitrogens with zero attached hydrogens (tertiary/aromatic N) is 2. The van der Waals surface area contributed by atoms with Crippen molar-refractivity contribution in [3.63, 3.8) is 0 Å². The number of hydrogen-bond acceptors (Lipinski definition) is 4. The number of rotatable bonds is 2. The highest BCUT2D eigenvalue weighted by molar-refractivity contribution is 9.10. The lowest BCUT2D eigenvalue weighted by atomic mass is 10.1. The normalized spacial score (nSPS) is 11.1. The molecule has 2 heterocycles. The molecule has 0 atom stereocenters. The number of fused-ring (bicyclic) bond motifs is 1. The molecule has 0 saturated carbocycles. The molecule has 0 saturated heterocycles. The second kappa shape index (κ2) is 4.13. The minimum absolute atomic E-state index is 0.0842. The summed E-state index contributed by atoms with van der Waals surface area (Å²) >= 11 is 3.36. The molecule has 18 heavy (non-hydrogen) atoms. The minimum Gasteiger partial charge on any atom is -0.359 e. The van der Waals surface area contributed by atoms with E-state index in [1.54, 1.807) is 18.2 Å². The third kappa shape index (κ3) is 1.78. The Kier molecular flexibility index (Phi) is 2.58. The summed E-state index contributed by atoms with van der Waals surface area (Å²) in [4.78, 5) is 3.08. The molecule has 0 aliphatic rings. The zero-order valence-electron chi connectivity index (χ0n) is 9.05. The summed E-state index contributed by atoms with van der Waals surface area (Å²) in [7, 11) is 0. The number of nitrogens with one attached hydrogen (secondary N) is 2. The van der Waals surface area contributed by atoms with Gasteiger partial charge in [-0.05, 0) is 40.2 Å². The highest BCUT2D eigenvalue weighted by Gasteiger charge is 2.11. The van der Waals surface area contributed by atoms with Crippen molar-refractivity contribution >= 4 is 32.5 Å². The molecule has 3 aromatic rings. The average molecular weight is 309 g/mol. The van der Waals surface area contributed by atoms with E-state index in [0.29, 0.717) is 0 Å². The molecule has 0 bridgehead atoms. The highest BCUT2D eigenvalue weighted by atomic mass is 79.9. The van der Waals surface area contributed by atoms with Crippen LogP contribution in [-0.2, 0) is 0 Å². The van der Waals surface area contributed by atoms with E-state index in [1.165, 1.54) is 0 Å². The predicted molar refractivity (Wildman–Crippen MR) is 69.6 cm³/mol. The largest absolute Gasteiger partial charge is 0.359 e. The highest BCUT2D eigenvalue weighted by Crippen LogP contribution is 2.29. The molecule has 0 fully saturated rings. The molecule has 0 unspecified atom stereocenters. The second-order valence-electron chi connectivity index (χ2n) is 3.82. The summed E-state index contributed by atoms with van der Waals surface area (Å²) in [5.41, 5.74) is 2.66. The summed E-state index contributed by atoms with van der Waals surface area (Å²) < 4.78 is 0.927. The number of hydrogen-bond donors (Lipinski definition) is 4. The Labute approximate surface area is 110 Å². The van der Waals surface area contributed by atoms with Crippen LogP contribution in [0, 0.1) is 0 Å². The predicted octanol–water partition coefficient (Wildman–Crippen LogP) is 2.91. The molecule has 4 N–H and O–H groups in total. The molecule has 0 amide bonds. The van der Waals surface area contributed by atoms with Gasteiger partial charge in [0.05, 0.1) is 16.9 Å². The van der Waals surface area contributed by atoms with Gasteiger partial charge in [0, 0.05) is 16.1 Å². The third-order valence-corrected chi connectivity index (χ3v) is 3.14. The molecule has 0 aliphatic heterocycles. The van der Waals surface area contributed by atoms with E-state index in [2.05, 4.69) is 31.1 Å². The van der Waals surface area contributed by atoms with Crippen molar-refractivity contribution < 1.29 is 10.4 Å². The fraction of sp³-hybridized carbons (Fsp3) is 0. The quantitative estimate of drug-likeness (QED) is 0.548. The van der Waals surface area contributed by atoms with Crippen LogP contribution in [0.25, 0.3) is 22.3 Å². The lowest BCUT2D eigenvalue weighted by molar-refractivity contribution is 0.0292. The lowest BCUT2D eigenvalue weighted by Crippen LogP contribution is -2.10. The molecule has 1 aromatic carbocycles. The standard InChI is InChI=1S/C11H9BrN4O2/c12-6-3-10(13-5-6)11-8-4-7(16(17)18)1-2-9(8)14-15-11/h1-5,13,17-18H,(H,14,15). The van der Waals surface area contributed by atoms with Gasteiger partial charge in [0.2, 0.25) is 0 Å². The van der Waals surface area contributed by atoms with Crippen LogP contribution >= 0.6 is 15.9 Å². The first kappa shape index (κ1) is 11.3. The SMILES string of the molecule is ON(O)c1ccc2[nH]nc(-c3cc(Br)c[nH]3)c2c1. The van der Waals surface area contributed by atoms with Gasteiger partial charge in [-0.25, -0.2) is 0 Å². The number of aromatic amines is 2. The molecular formula is C11H9BrN4O2. The van der Waals surface area contributed by atoms with Gasteiger partial charge in [-0.2, -0.15) is 5.10 Å². The van der Waals surface area contributed by atoms with Crippen molar-refractivity contribution in [2.45, 2.75) is 0 Å². The van der Waals surface area contributed by atoms with Crippen molar-refractivity contribution in [2.24, 2.45) is 0 Å². The Bertz CT molecular complexity index is 704. The monoisotopic (exact) mass is 308 g/mol. The summed E-state index contributed by atoms with van der Waals surface area (Å²) in [5, 5.41) is 26.1. The van der Waals surface area contributed by atoms with E-state index >= 15 is 0 Å². The zero-order valence-corrected chi connectivity index (χ0v) is 10.6. The van der Waals surface area contributed by atoms with Gasteiger partial charge >= 0.3 is 0 Å². The van der Waals surface area contributed by atoms with Crippen LogP contribution in [0.1, 0.15) is 0 Å². The first-order valence-electron chi connectivity index (χ1n) is 5.15. The number of benzene rings is 1. The fourth-order valence-electron chi connectivity index (χ4n) is 1.84. The van der Waals surface area contributed by atoms with E-state index in [1.807, 2.05) is 12.3 Å². The number of anilines is 1. The number of H-pyrrole nitrogens is 2. The minimum atomic E-state index is 0.0842. The first-order valence-corrected chi connectivity index (χ1v) is 5.95. The van der Waals surface area contributed by atoms with Crippen molar-refractivity contribution in [1.29, 1.82) is 0 Å². The Morgan fingerprint density at radius 1 is 1.22 bits per heavy atom. The van der Waals surface area contributed by atoms with Crippen molar-refractivity contribution in [1.82, 2.24) is 15.2 Å². The van der Waals surface area contributed by atoms with Crippen LogP contribution in [0.5, 0.6) is 0 Å². The summed E-state index contributed by atoms with van der Waals surface area (Å²) in [6, 6.07) is 6.86. The van der Waals surface area contributed by atoms with Gasteiger partial charge in [0.1, 0.15) is 5.69 Å². The van der Waals surface area contributed by atoms with E-state index in [0.717, 1.165) is 26.8 Å². The maximum atomic E-state index is 9.03. The van der Waals surface area contributed by atoms with E-state index in [-0.39, 0.29) is 10.9 Å². The zero-order chi connectivity index (χ0) is 12.7. The summed E-state index contributed by atoms with van der Waals surface area (Å²) in [5.74, 6) is 0. The Balaban J connectivity index is 2.20. The summed E-state index contributed by atoms with van der Waals surface area (Å²) in [6.45, 7) is 0. The van der Waals surface area contributed by atoms with Crippen LogP contribution in [-0.4, -0.2) is 25.6 Å². The molecular weight excluding hydrogens is 300 g/mol. The van der Waals surface area contributed by atoms with Crippen LogP contribution in [0.2, 0.25) is 0 Å². The molecule has 0 aliphatic carbocycles. The topological polar surface area (TPSA) is 88.2 Å². The molecule has 92 valence electrons. The van der Waals surface area contributed by atoms with Gasteiger partial charge in [-0.3, -0.25) is 15.5 Å². The molecule has 6 nitrogen and oxygen atoms in total. The molecule has 0 radical (unpaired) electrons. The van der Waals surface area contributed by atoms with Crippen molar-refractivity contribution in [3.8, 4) is 11.4 Å². The smallest absolute Gasteiger partial charge is 0.116 e. The number of aromatic nitrogens is 3. The number of halogens is 1. The fourth-order valence-corrected chi connectivity index (χ4v) is 2.18. The van der Waals surface area contributed by atoms with Crippen LogP contribution in [0.15, 0.2) is 34.9 Å². The van der Waals surface area contributed by atoms with Crippen LogP contribution in [0.4, 0.5) is 5.69 Å². The third-order valence-electron chi connectivity index (χ3n) is 2.68. The summed E-state index contributed by atoms with van der Waals surface area (Å²) in [6.07, 6.45) is 1.81. The second-order valence-corrected chi connectivity index (χ2v) is 4.74. The Hall–Kier alpha value is -1.83. The maximum Gasteiger partial charge on any atom is 0.116 e. The van der Waals surface area contributed by atoms with Gasteiger partial charge in [-0.1, -0.05) is 0 Å². The van der Waals surface area contributed by atoms with Gasteiger partial charge in [0.25, 0.3) is 0 Å². The van der Waals surface area contributed by atoms with Crippen molar-refractivity contribution in [3.05, 3.63) is 34.9 Å². The lowest BCUT2D eigenvalue weighted by Gasteiger charge is -2.07. The molecule has 0 spiro atoms. The van der Waals surface area contributed by atoms with E-state index in [9.17, 15) is 0 Å². The van der Waals surface area contributed by atoms with E-state index < -0.39 is 0 Å². The van der Waals surface area contributed by atoms with Crippen LogP contribution in [0.3, 0.4) is 0 Å². The maximum absolute atomic E-state index is 9.03. The molecule has 3 rings (SSSR count). The Morgan fingerprint density at radius 3 is 2.72 bits per heavy atom. The average Bonchev–Trinajstić information content (AvgIpc) is 2.93. The Morgan fingerprint density at radius 2 is 2.06 bits per heavy atom. The van der Waals surface area contributed by atoms with Gasteiger partial charge < -0.3 is 4.98 Å². The first-order chi connectivity index (χ1) is 8.65. The molecule has 2 aromatic heterocycles. The van der Waals surface area contributed by atoms with Crippen molar-refractivity contribution in [2.75, 3.05) is 5.23 Å². The van der Waals surface area contributed by atoms with Gasteiger partial charge in [0.15, 0.2) is 0 Å². The van der Waals surface area contributed by atoms with Crippen LogP contribution < -0.4 is 5.23 Å². The van der Waals surface area contributed by atoms with E-state index in [4.69, 9.17) is 10.4 Å². The molecule has 7 heteroatoms.